The first-order valence-corrected chi connectivity index (χ1v) is 9.85. The van der Waals surface area contributed by atoms with E-state index in [2.05, 4.69) is 29.0 Å². The number of hydrogen-bond acceptors (Lipinski definition) is 4. The zero-order valence-electron chi connectivity index (χ0n) is 15.2. The molecule has 2 aromatic carbocycles. The van der Waals surface area contributed by atoms with Crippen molar-refractivity contribution in [2.45, 2.75) is 25.0 Å². The standard InChI is InChI=1S/C21H20N4OS/c1-14(2)25-13-22-24-21(25)27-12-18(26)19-16-10-6-7-11-17(16)23-20(19)15-8-4-3-5-9-15/h3-11,13-14,23H,12H2,1-2H3. The Morgan fingerprint density at radius 2 is 1.85 bits per heavy atom. The van der Waals surface area contributed by atoms with Crippen LogP contribution in [-0.2, 0) is 0 Å². The van der Waals surface area contributed by atoms with Gasteiger partial charge in [0, 0.05) is 16.9 Å². The van der Waals surface area contributed by atoms with Crippen molar-refractivity contribution in [2.24, 2.45) is 0 Å². The summed E-state index contributed by atoms with van der Waals surface area (Å²) in [6, 6.07) is 18.2. The molecule has 0 bridgehead atoms. The van der Waals surface area contributed by atoms with Gasteiger partial charge in [-0.05, 0) is 25.5 Å². The van der Waals surface area contributed by atoms with Crippen LogP contribution in [0.3, 0.4) is 0 Å². The third-order valence-corrected chi connectivity index (χ3v) is 5.43. The Morgan fingerprint density at radius 3 is 2.63 bits per heavy atom. The molecule has 5 nitrogen and oxygen atoms in total. The Hall–Kier alpha value is -2.86. The van der Waals surface area contributed by atoms with Crippen molar-refractivity contribution < 1.29 is 4.79 Å². The van der Waals surface area contributed by atoms with Crippen LogP contribution >= 0.6 is 11.8 Å². The number of hydrogen-bond donors (Lipinski definition) is 1. The zero-order valence-corrected chi connectivity index (χ0v) is 16.0. The topological polar surface area (TPSA) is 63.6 Å². The Bertz CT molecular complexity index is 1080. The lowest BCUT2D eigenvalue weighted by atomic mass is 10.0. The summed E-state index contributed by atoms with van der Waals surface area (Å²) in [6.45, 7) is 4.14. The molecule has 0 fully saturated rings. The number of H-pyrrole nitrogens is 1. The maximum atomic E-state index is 13.2. The van der Waals surface area contributed by atoms with Crippen molar-refractivity contribution in [3.8, 4) is 11.3 Å². The van der Waals surface area contributed by atoms with Gasteiger partial charge in [0.2, 0.25) is 0 Å². The van der Waals surface area contributed by atoms with Crippen molar-refractivity contribution in [1.82, 2.24) is 19.7 Å². The number of aromatic nitrogens is 4. The Morgan fingerprint density at radius 1 is 1.11 bits per heavy atom. The quantitative estimate of drug-likeness (QED) is 0.381. The number of aromatic amines is 1. The van der Waals surface area contributed by atoms with E-state index in [4.69, 9.17) is 0 Å². The fourth-order valence-electron chi connectivity index (χ4n) is 3.14. The van der Waals surface area contributed by atoms with Crippen LogP contribution in [0.2, 0.25) is 0 Å². The van der Waals surface area contributed by atoms with Crippen LogP contribution < -0.4 is 0 Å². The average molecular weight is 376 g/mol. The minimum atomic E-state index is 0.0783. The molecule has 0 aliphatic rings. The Labute approximate surface area is 161 Å². The molecule has 2 heterocycles. The van der Waals surface area contributed by atoms with Crippen molar-refractivity contribution >= 4 is 28.4 Å². The maximum Gasteiger partial charge on any atom is 0.191 e. The van der Waals surface area contributed by atoms with Gasteiger partial charge >= 0.3 is 0 Å². The number of fused-ring (bicyclic) bond motifs is 1. The zero-order chi connectivity index (χ0) is 18.8. The molecule has 27 heavy (non-hydrogen) atoms. The second-order valence-corrected chi connectivity index (χ2v) is 7.56. The van der Waals surface area contributed by atoms with E-state index in [1.807, 2.05) is 59.2 Å². The minimum absolute atomic E-state index is 0.0783. The van der Waals surface area contributed by atoms with E-state index in [1.165, 1.54) is 11.8 Å². The molecule has 6 heteroatoms. The Balaban J connectivity index is 1.70. The molecule has 0 aliphatic heterocycles. The van der Waals surface area contributed by atoms with E-state index >= 15 is 0 Å². The summed E-state index contributed by atoms with van der Waals surface area (Å²) in [4.78, 5) is 16.6. The number of nitrogens with one attached hydrogen (secondary N) is 1. The van der Waals surface area contributed by atoms with Crippen LogP contribution in [0.25, 0.3) is 22.2 Å². The summed E-state index contributed by atoms with van der Waals surface area (Å²) >= 11 is 1.43. The van der Waals surface area contributed by atoms with Crippen LogP contribution in [0.1, 0.15) is 30.2 Å². The molecule has 2 aromatic heterocycles. The lowest BCUT2D eigenvalue weighted by Gasteiger charge is -2.09. The highest BCUT2D eigenvalue weighted by atomic mass is 32.2. The van der Waals surface area contributed by atoms with Crippen LogP contribution in [0.15, 0.2) is 66.1 Å². The summed E-state index contributed by atoms with van der Waals surface area (Å²) in [5.41, 5.74) is 3.58. The summed E-state index contributed by atoms with van der Waals surface area (Å²) in [7, 11) is 0. The van der Waals surface area contributed by atoms with E-state index in [9.17, 15) is 4.79 Å². The Kier molecular flexibility index (Phi) is 4.81. The number of thioether (sulfide) groups is 1. The molecule has 0 radical (unpaired) electrons. The van der Waals surface area contributed by atoms with Crippen molar-refractivity contribution in [3.05, 3.63) is 66.5 Å². The average Bonchev–Trinajstić information content (AvgIpc) is 3.31. The first-order valence-electron chi connectivity index (χ1n) is 8.87. The fraction of sp³-hybridized carbons (Fsp3) is 0.190. The van der Waals surface area contributed by atoms with Crippen molar-refractivity contribution in [3.63, 3.8) is 0 Å². The van der Waals surface area contributed by atoms with Crippen molar-refractivity contribution in [1.29, 1.82) is 0 Å². The first-order chi connectivity index (χ1) is 13.1. The maximum absolute atomic E-state index is 13.2. The van der Waals surface area contributed by atoms with E-state index < -0.39 is 0 Å². The molecule has 4 aromatic rings. The number of Topliss-reactive ketones (excluding diaryl/α,β-unsaturated/α-hetero) is 1. The number of benzene rings is 2. The molecular formula is C21H20N4OS. The van der Waals surface area contributed by atoms with Gasteiger partial charge in [-0.1, -0.05) is 60.3 Å². The number of para-hydroxylation sites is 1. The van der Waals surface area contributed by atoms with Gasteiger partial charge in [-0.3, -0.25) is 4.79 Å². The SMILES string of the molecule is CC(C)n1cnnc1SCC(=O)c1c(-c2ccccc2)[nH]c2ccccc12. The molecule has 0 saturated heterocycles. The molecule has 0 aliphatic carbocycles. The summed E-state index contributed by atoms with van der Waals surface area (Å²) < 4.78 is 1.98. The summed E-state index contributed by atoms with van der Waals surface area (Å²) in [5, 5.41) is 9.84. The fourth-order valence-corrected chi connectivity index (χ4v) is 4.06. The highest BCUT2D eigenvalue weighted by molar-refractivity contribution is 7.99. The highest BCUT2D eigenvalue weighted by Crippen LogP contribution is 2.32. The van der Waals surface area contributed by atoms with Gasteiger partial charge in [-0.25, -0.2) is 0 Å². The molecular weight excluding hydrogens is 356 g/mol. The predicted molar refractivity (Wildman–Crippen MR) is 109 cm³/mol. The van der Waals surface area contributed by atoms with E-state index in [-0.39, 0.29) is 11.8 Å². The molecule has 0 atom stereocenters. The van der Waals surface area contributed by atoms with E-state index in [0.717, 1.165) is 32.9 Å². The number of nitrogens with zero attached hydrogens (tertiary/aromatic N) is 3. The molecule has 0 saturated carbocycles. The second-order valence-electron chi connectivity index (χ2n) is 6.61. The second kappa shape index (κ2) is 7.40. The third kappa shape index (κ3) is 3.40. The predicted octanol–water partition coefficient (Wildman–Crippen LogP) is 4.98. The van der Waals surface area contributed by atoms with Gasteiger partial charge in [0.05, 0.1) is 17.0 Å². The largest absolute Gasteiger partial charge is 0.354 e. The smallest absolute Gasteiger partial charge is 0.191 e. The van der Waals surface area contributed by atoms with Gasteiger partial charge in [0.15, 0.2) is 10.9 Å². The summed E-state index contributed by atoms with van der Waals surface area (Å²) in [6.07, 6.45) is 1.71. The van der Waals surface area contributed by atoms with Crippen LogP contribution in [-0.4, -0.2) is 31.3 Å². The van der Waals surface area contributed by atoms with Gasteiger partial charge in [-0.15, -0.1) is 10.2 Å². The van der Waals surface area contributed by atoms with Crippen LogP contribution in [0, 0.1) is 0 Å². The first kappa shape index (κ1) is 17.5. The van der Waals surface area contributed by atoms with Crippen molar-refractivity contribution in [2.75, 3.05) is 5.75 Å². The minimum Gasteiger partial charge on any atom is -0.354 e. The van der Waals surface area contributed by atoms with Gasteiger partial charge in [0.25, 0.3) is 0 Å². The van der Waals surface area contributed by atoms with Gasteiger partial charge < -0.3 is 9.55 Å². The highest BCUT2D eigenvalue weighted by Gasteiger charge is 2.20. The normalized spacial score (nSPS) is 11.4. The van der Waals surface area contributed by atoms with Gasteiger partial charge in [-0.2, -0.15) is 0 Å². The van der Waals surface area contributed by atoms with E-state index in [1.54, 1.807) is 6.33 Å². The number of ketones is 1. The molecule has 0 unspecified atom stereocenters. The molecule has 136 valence electrons. The number of carbonyl (C=O) groups excluding carboxylic acids is 1. The molecule has 4 rings (SSSR count). The van der Waals surface area contributed by atoms with Crippen LogP contribution in [0.4, 0.5) is 0 Å². The molecule has 0 amide bonds. The van der Waals surface area contributed by atoms with Gasteiger partial charge in [0.1, 0.15) is 6.33 Å². The third-order valence-electron chi connectivity index (χ3n) is 4.48. The van der Waals surface area contributed by atoms with E-state index in [0.29, 0.717) is 5.75 Å². The lowest BCUT2D eigenvalue weighted by molar-refractivity contribution is 0.102. The summed E-state index contributed by atoms with van der Waals surface area (Å²) in [5.74, 6) is 0.391. The number of rotatable bonds is 6. The van der Waals surface area contributed by atoms with Crippen LogP contribution in [0.5, 0.6) is 0 Å². The molecule has 0 spiro atoms. The number of carbonyl (C=O) groups is 1. The monoisotopic (exact) mass is 376 g/mol. The molecule has 1 N–H and O–H groups in total. The lowest BCUT2D eigenvalue weighted by Crippen LogP contribution is -2.06.